The van der Waals surface area contributed by atoms with Crippen molar-refractivity contribution < 1.29 is 19.4 Å². The Balaban J connectivity index is 2.25. The molecule has 0 saturated carbocycles. The summed E-state index contributed by atoms with van der Waals surface area (Å²) in [4.78, 5) is 11.7. The third-order valence-corrected chi connectivity index (χ3v) is 3.29. The van der Waals surface area contributed by atoms with E-state index in [1.807, 2.05) is 24.3 Å². The molecule has 0 aliphatic heterocycles. The molecule has 0 radical (unpaired) electrons. The molecule has 0 atom stereocenters. The molecule has 0 aliphatic rings. The van der Waals surface area contributed by atoms with Gasteiger partial charge in [0.25, 0.3) is 0 Å². The van der Waals surface area contributed by atoms with Gasteiger partial charge >= 0.3 is 5.97 Å². The number of aliphatic hydroxyl groups is 1. The van der Waals surface area contributed by atoms with E-state index in [4.69, 9.17) is 14.6 Å². The van der Waals surface area contributed by atoms with Crippen molar-refractivity contribution in [2.75, 3.05) is 20.8 Å². The van der Waals surface area contributed by atoms with Gasteiger partial charge in [-0.05, 0) is 36.4 Å². The van der Waals surface area contributed by atoms with Gasteiger partial charge in [-0.15, -0.1) is 0 Å². The molecular weight excluding hydrogens is 316 g/mol. The monoisotopic (exact) mass is 334 g/mol. The summed E-state index contributed by atoms with van der Waals surface area (Å²) < 4.78 is 9.95. The lowest BCUT2D eigenvalue weighted by Gasteiger charge is -2.06. The number of hydrogen-bond acceptors (Lipinski definition) is 4. The van der Waals surface area contributed by atoms with Crippen LogP contribution in [0.15, 0.2) is 42.5 Å². The Hall–Kier alpha value is -3.21. The Kier molecular flexibility index (Phi) is 6.65. The molecule has 0 saturated heterocycles. The van der Waals surface area contributed by atoms with Crippen molar-refractivity contribution in [1.82, 2.24) is 0 Å². The first-order chi connectivity index (χ1) is 12.2. The maximum Gasteiger partial charge on any atom is 0.341 e. The fourth-order valence-corrected chi connectivity index (χ4v) is 2.09. The Bertz CT molecular complexity index is 876. The standard InChI is InChI=1S/C21H18O4/c1-24-20-15-18(11-12-19(20)21(23)25-2)10-9-17-8-5-7-16(14-17)6-3-4-13-22/h5,7-8,11-12,14-15,22H,4,13H2,1-2H3. The molecule has 0 aliphatic carbocycles. The van der Waals surface area contributed by atoms with E-state index in [9.17, 15) is 4.79 Å². The maximum absolute atomic E-state index is 11.7. The van der Waals surface area contributed by atoms with Gasteiger partial charge in [0.05, 0.1) is 20.8 Å². The first-order valence-corrected chi connectivity index (χ1v) is 7.66. The van der Waals surface area contributed by atoms with Crippen molar-refractivity contribution in [2.24, 2.45) is 0 Å². The van der Waals surface area contributed by atoms with Gasteiger partial charge in [-0.2, -0.15) is 0 Å². The molecule has 4 nitrogen and oxygen atoms in total. The van der Waals surface area contributed by atoms with Crippen LogP contribution in [-0.2, 0) is 4.74 Å². The fraction of sp³-hybridized carbons (Fsp3) is 0.190. The zero-order valence-corrected chi connectivity index (χ0v) is 14.1. The number of benzene rings is 2. The maximum atomic E-state index is 11.7. The normalized spacial score (nSPS) is 9.24. The Morgan fingerprint density at radius 2 is 1.68 bits per heavy atom. The van der Waals surface area contributed by atoms with E-state index >= 15 is 0 Å². The molecule has 2 rings (SSSR count). The molecule has 2 aromatic carbocycles. The number of aliphatic hydroxyl groups excluding tert-OH is 1. The predicted molar refractivity (Wildman–Crippen MR) is 95.3 cm³/mol. The molecule has 0 unspecified atom stereocenters. The lowest BCUT2D eigenvalue weighted by Crippen LogP contribution is -2.04. The van der Waals surface area contributed by atoms with E-state index in [2.05, 4.69) is 23.7 Å². The van der Waals surface area contributed by atoms with Crippen molar-refractivity contribution >= 4 is 5.97 Å². The molecule has 2 aromatic rings. The summed E-state index contributed by atoms with van der Waals surface area (Å²) in [5, 5.41) is 8.76. The topological polar surface area (TPSA) is 55.8 Å². The predicted octanol–water partition coefficient (Wildman–Crippen LogP) is 2.62. The molecular formula is C21H18O4. The third-order valence-electron chi connectivity index (χ3n) is 3.29. The lowest BCUT2D eigenvalue weighted by molar-refractivity contribution is 0.0597. The summed E-state index contributed by atoms with van der Waals surface area (Å²) in [6.07, 6.45) is 0.447. The van der Waals surface area contributed by atoms with Gasteiger partial charge in [0.2, 0.25) is 0 Å². The number of hydrogen-bond donors (Lipinski definition) is 1. The molecule has 1 N–H and O–H groups in total. The van der Waals surface area contributed by atoms with Crippen LogP contribution in [0.25, 0.3) is 0 Å². The average Bonchev–Trinajstić information content (AvgIpc) is 2.66. The minimum atomic E-state index is -0.453. The first-order valence-electron chi connectivity index (χ1n) is 7.66. The minimum absolute atomic E-state index is 0.0515. The number of carbonyl (C=O) groups excluding carboxylic acids is 1. The van der Waals surface area contributed by atoms with Crippen LogP contribution in [0.1, 0.15) is 33.5 Å². The van der Waals surface area contributed by atoms with Gasteiger partial charge in [-0.1, -0.05) is 29.7 Å². The van der Waals surface area contributed by atoms with E-state index in [0.29, 0.717) is 17.7 Å². The highest BCUT2D eigenvalue weighted by Crippen LogP contribution is 2.20. The first kappa shape index (κ1) is 18.1. The van der Waals surface area contributed by atoms with E-state index in [-0.39, 0.29) is 6.61 Å². The zero-order chi connectivity index (χ0) is 18.1. The van der Waals surface area contributed by atoms with Crippen molar-refractivity contribution in [3.63, 3.8) is 0 Å². The van der Waals surface area contributed by atoms with Crippen molar-refractivity contribution in [1.29, 1.82) is 0 Å². The Morgan fingerprint density at radius 1 is 1.00 bits per heavy atom. The molecule has 25 heavy (non-hydrogen) atoms. The van der Waals surface area contributed by atoms with E-state index in [0.717, 1.165) is 16.7 Å². The molecule has 126 valence electrons. The second-order valence-corrected chi connectivity index (χ2v) is 5.01. The quantitative estimate of drug-likeness (QED) is 0.692. The summed E-state index contributed by atoms with van der Waals surface area (Å²) in [6, 6.07) is 12.6. The molecule has 0 fully saturated rings. The molecule has 0 heterocycles. The highest BCUT2D eigenvalue weighted by atomic mass is 16.5. The number of rotatable bonds is 3. The highest BCUT2D eigenvalue weighted by Gasteiger charge is 2.12. The molecule has 0 amide bonds. The zero-order valence-electron chi connectivity index (χ0n) is 14.1. The van der Waals surface area contributed by atoms with Crippen LogP contribution >= 0.6 is 0 Å². The molecule has 0 spiro atoms. The fourth-order valence-electron chi connectivity index (χ4n) is 2.09. The van der Waals surface area contributed by atoms with Gasteiger partial charge in [-0.25, -0.2) is 4.79 Å². The summed E-state index contributed by atoms with van der Waals surface area (Å²) in [5.41, 5.74) is 2.75. The number of methoxy groups -OCH3 is 2. The Morgan fingerprint density at radius 3 is 2.32 bits per heavy atom. The Labute approximate surface area is 147 Å². The second-order valence-electron chi connectivity index (χ2n) is 5.01. The van der Waals surface area contributed by atoms with Gasteiger partial charge in [-0.3, -0.25) is 0 Å². The number of esters is 1. The average molecular weight is 334 g/mol. The van der Waals surface area contributed by atoms with Gasteiger partial charge in [0, 0.05) is 23.1 Å². The molecule has 0 aromatic heterocycles. The van der Waals surface area contributed by atoms with Gasteiger partial charge < -0.3 is 14.6 Å². The van der Waals surface area contributed by atoms with Crippen LogP contribution < -0.4 is 4.74 Å². The van der Waals surface area contributed by atoms with E-state index < -0.39 is 5.97 Å². The summed E-state index contributed by atoms with van der Waals surface area (Å²) in [6.45, 7) is 0.0515. The van der Waals surface area contributed by atoms with E-state index in [1.54, 1.807) is 18.2 Å². The van der Waals surface area contributed by atoms with Crippen LogP contribution in [0.3, 0.4) is 0 Å². The van der Waals surface area contributed by atoms with Crippen LogP contribution in [0.2, 0.25) is 0 Å². The summed E-state index contributed by atoms with van der Waals surface area (Å²) >= 11 is 0. The third kappa shape index (κ3) is 5.14. The van der Waals surface area contributed by atoms with Crippen molar-refractivity contribution in [2.45, 2.75) is 6.42 Å². The smallest absolute Gasteiger partial charge is 0.341 e. The van der Waals surface area contributed by atoms with Gasteiger partial charge in [0.15, 0.2) is 0 Å². The summed E-state index contributed by atoms with van der Waals surface area (Å²) in [7, 11) is 2.82. The van der Waals surface area contributed by atoms with Gasteiger partial charge in [0.1, 0.15) is 11.3 Å². The van der Waals surface area contributed by atoms with Crippen LogP contribution in [0.5, 0.6) is 5.75 Å². The minimum Gasteiger partial charge on any atom is -0.496 e. The van der Waals surface area contributed by atoms with Crippen LogP contribution in [0, 0.1) is 23.7 Å². The van der Waals surface area contributed by atoms with E-state index in [1.165, 1.54) is 14.2 Å². The van der Waals surface area contributed by atoms with Crippen LogP contribution in [-0.4, -0.2) is 31.9 Å². The summed E-state index contributed by atoms with van der Waals surface area (Å²) in [5.74, 6) is 11.9. The molecule has 0 bridgehead atoms. The number of carbonyl (C=O) groups is 1. The SMILES string of the molecule is COC(=O)c1ccc(C#Cc2cccc(C#CCCO)c2)cc1OC. The second kappa shape index (κ2) is 9.17. The number of ether oxygens (including phenoxy) is 2. The van der Waals surface area contributed by atoms with Crippen molar-refractivity contribution in [3.05, 3.63) is 64.7 Å². The van der Waals surface area contributed by atoms with Crippen molar-refractivity contribution in [3.8, 4) is 29.4 Å². The lowest BCUT2D eigenvalue weighted by atomic mass is 10.1. The van der Waals surface area contributed by atoms with Crippen LogP contribution in [0.4, 0.5) is 0 Å². The highest BCUT2D eigenvalue weighted by molar-refractivity contribution is 5.92. The molecule has 4 heteroatoms. The largest absolute Gasteiger partial charge is 0.496 e.